The van der Waals surface area contributed by atoms with Crippen LogP contribution in [0, 0.1) is 0 Å². The molecule has 0 aliphatic rings. The molecule has 0 atom stereocenters. The molecule has 2 rings (SSSR count). The van der Waals surface area contributed by atoms with Crippen molar-refractivity contribution in [3.8, 4) is 0 Å². The number of nitrogens with zero attached hydrogens (tertiary/aromatic N) is 1. The maximum atomic E-state index is 14.0. The predicted octanol–water partition coefficient (Wildman–Crippen LogP) is 3.98. The van der Waals surface area contributed by atoms with Crippen LogP contribution in [0.25, 0.3) is 0 Å². The maximum absolute atomic E-state index is 14.0. The normalized spacial score (nSPS) is 11.4. The second-order valence-electron chi connectivity index (χ2n) is 3.29. The SMILES string of the molecule is FC(F)(c1ccccc1)c1cccc(Br)n1. The maximum Gasteiger partial charge on any atom is 0.314 e. The summed E-state index contributed by atoms with van der Waals surface area (Å²) in [6, 6.07) is 12.1. The molecule has 0 saturated heterocycles. The lowest BCUT2D eigenvalue weighted by Gasteiger charge is -2.16. The molecule has 0 bridgehead atoms. The van der Waals surface area contributed by atoms with Gasteiger partial charge in [0.05, 0.1) is 0 Å². The molecule has 2 aromatic rings. The van der Waals surface area contributed by atoms with Crippen molar-refractivity contribution in [3.63, 3.8) is 0 Å². The smallest absolute Gasteiger partial charge is 0.239 e. The number of alkyl halides is 2. The minimum Gasteiger partial charge on any atom is -0.239 e. The Bertz CT molecular complexity index is 485. The zero-order valence-corrected chi connectivity index (χ0v) is 9.79. The molecule has 0 fully saturated rings. The Morgan fingerprint density at radius 2 is 1.62 bits per heavy atom. The zero-order valence-electron chi connectivity index (χ0n) is 8.20. The van der Waals surface area contributed by atoms with Crippen LogP contribution < -0.4 is 0 Å². The number of halogens is 3. The average molecular weight is 284 g/mol. The summed E-state index contributed by atoms with van der Waals surface area (Å²) >= 11 is 3.08. The first-order valence-corrected chi connectivity index (χ1v) is 5.46. The molecule has 1 aromatic carbocycles. The molecular formula is C12H8BrF2N. The second kappa shape index (κ2) is 4.29. The first-order chi connectivity index (χ1) is 7.60. The van der Waals surface area contributed by atoms with E-state index in [1.54, 1.807) is 30.3 Å². The van der Waals surface area contributed by atoms with E-state index in [4.69, 9.17) is 0 Å². The minimum atomic E-state index is -3.06. The Labute approximate surface area is 100 Å². The lowest BCUT2D eigenvalue weighted by atomic mass is 10.1. The van der Waals surface area contributed by atoms with Crippen LogP contribution in [0.5, 0.6) is 0 Å². The number of pyridine rings is 1. The van der Waals surface area contributed by atoms with Gasteiger partial charge in [-0.2, -0.15) is 8.78 Å². The molecular weight excluding hydrogens is 276 g/mol. The topological polar surface area (TPSA) is 12.9 Å². The summed E-state index contributed by atoms with van der Waals surface area (Å²) in [6.07, 6.45) is 0. The van der Waals surface area contributed by atoms with Crippen molar-refractivity contribution in [3.05, 3.63) is 64.4 Å². The van der Waals surface area contributed by atoms with E-state index in [1.807, 2.05) is 0 Å². The molecule has 16 heavy (non-hydrogen) atoms. The average Bonchev–Trinajstić information content (AvgIpc) is 2.30. The van der Waals surface area contributed by atoms with Gasteiger partial charge in [-0.3, -0.25) is 0 Å². The van der Waals surface area contributed by atoms with E-state index >= 15 is 0 Å². The van der Waals surface area contributed by atoms with E-state index in [9.17, 15) is 8.78 Å². The molecule has 0 amide bonds. The number of aromatic nitrogens is 1. The van der Waals surface area contributed by atoms with Crippen molar-refractivity contribution in [2.24, 2.45) is 0 Å². The van der Waals surface area contributed by atoms with Gasteiger partial charge in [-0.1, -0.05) is 36.4 Å². The summed E-state index contributed by atoms with van der Waals surface area (Å²) in [5.74, 6) is -3.06. The van der Waals surface area contributed by atoms with Gasteiger partial charge < -0.3 is 0 Å². The van der Waals surface area contributed by atoms with Crippen LogP contribution in [-0.2, 0) is 5.92 Å². The quantitative estimate of drug-likeness (QED) is 0.760. The minimum absolute atomic E-state index is 0.0550. The van der Waals surface area contributed by atoms with Gasteiger partial charge in [-0.05, 0) is 28.1 Å². The molecule has 82 valence electrons. The van der Waals surface area contributed by atoms with E-state index in [-0.39, 0.29) is 11.3 Å². The first kappa shape index (κ1) is 11.2. The van der Waals surface area contributed by atoms with Gasteiger partial charge in [0.25, 0.3) is 0 Å². The molecule has 1 heterocycles. The van der Waals surface area contributed by atoms with Crippen LogP contribution >= 0.6 is 15.9 Å². The highest BCUT2D eigenvalue weighted by molar-refractivity contribution is 9.10. The van der Waals surface area contributed by atoms with Gasteiger partial charge in [0, 0.05) is 5.56 Å². The standard InChI is InChI=1S/C12H8BrF2N/c13-11-8-4-7-10(16-11)12(14,15)9-5-2-1-3-6-9/h1-8H. The number of hydrogen-bond donors (Lipinski definition) is 0. The third-order valence-electron chi connectivity index (χ3n) is 2.17. The molecule has 0 saturated carbocycles. The largest absolute Gasteiger partial charge is 0.314 e. The summed E-state index contributed by atoms with van der Waals surface area (Å²) in [5.41, 5.74) is -0.311. The lowest BCUT2D eigenvalue weighted by molar-refractivity contribution is 0.0378. The number of benzene rings is 1. The van der Waals surface area contributed by atoms with Crippen molar-refractivity contribution in [1.82, 2.24) is 4.98 Å². The zero-order chi connectivity index (χ0) is 11.6. The Morgan fingerprint density at radius 3 is 2.25 bits per heavy atom. The monoisotopic (exact) mass is 283 g/mol. The van der Waals surface area contributed by atoms with Gasteiger partial charge in [0.2, 0.25) is 0 Å². The van der Waals surface area contributed by atoms with Crippen LogP contribution in [0.2, 0.25) is 0 Å². The van der Waals surface area contributed by atoms with Gasteiger partial charge >= 0.3 is 5.92 Å². The van der Waals surface area contributed by atoms with E-state index in [0.29, 0.717) is 4.60 Å². The summed E-state index contributed by atoms with van der Waals surface area (Å²) < 4.78 is 28.4. The summed E-state index contributed by atoms with van der Waals surface area (Å²) in [4.78, 5) is 3.79. The third-order valence-corrected chi connectivity index (χ3v) is 2.61. The summed E-state index contributed by atoms with van der Waals surface area (Å²) in [6.45, 7) is 0. The van der Waals surface area contributed by atoms with Crippen molar-refractivity contribution < 1.29 is 8.78 Å². The molecule has 1 aromatic heterocycles. The van der Waals surface area contributed by atoms with E-state index in [2.05, 4.69) is 20.9 Å². The molecule has 0 aliphatic heterocycles. The fraction of sp³-hybridized carbons (Fsp3) is 0.0833. The third kappa shape index (κ3) is 2.11. The molecule has 0 unspecified atom stereocenters. The lowest BCUT2D eigenvalue weighted by Crippen LogP contribution is -2.16. The van der Waals surface area contributed by atoms with Crippen LogP contribution in [0.3, 0.4) is 0 Å². The first-order valence-electron chi connectivity index (χ1n) is 4.67. The highest BCUT2D eigenvalue weighted by atomic mass is 79.9. The Kier molecular flexibility index (Phi) is 3.01. The molecule has 0 aliphatic carbocycles. The summed E-state index contributed by atoms with van der Waals surface area (Å²) in [5, 5.41) is 0. The van der Waals surface area contributed by atoms with Crippen LogP contribution in [0.4, 0.5) is 8.78 Å². The fourth-order valence-electron chi connectivity index (χ4n) is 1.38. The van der Waals surface area contributed by atoms with Crippen LogP contribution in [0.1, 0.15) is 11.3 Å². The molecule has 0 radical (unpaired) electrons. The van der Waals surface area contributed by atoms with Gasteiger partial charge in [-0.15, -0.1) is 0 Å². The summed E-state index contributed by atoms with van der Waals surface area (Å²) in [7, 11) is 0. The van der Waals surface area contributed by atoms with Gasteiger partial charge in [-0.25, -0.2) is 4.98 Å². The van der Waals surface area contributed by atoms with Crippen LogP contribution in [-0.4, -0.2) is 4.98 Å². The number of rotatable bonds is 2. The van der Waals surface area contributed by atoms with Crippen molar-refractivity contribution in [2.75, 3.05) is 0 Å². The fourth-order valence-corrected chi connectivity index (χ4v) is 1.72. The van der Waals surface area contributed by atoms with Crippen molar-refractivity contribution >= 4 is 15.9 Å². The predicted molar refractivity (Wildman–Crippen MR) is 61.4 cm³/mol. The molecule has 4 heteroatoms. The van der Waals surface area contributed by atoms with Gasteiger partial charge in [0.1, 0.15) is 10.3 Å². The second-order valence-corrected chi connectivity index (χ2v) is 4.10. The number of hydrogen-bond acceptors (Lipinski definition) is 1. The van der Waals surface area contributed by atoms with E-state index < -0.39 is 5.92 Å². The Morgan fingerprint density at radius 1 is 0.938 bits per heavy atom. The Hall–Kier alpha value is -1.29. The van der Waals surface area contributed by atoms with Crippen LogP contribution in [0.15, 0.2) is 53.1 Å². The molecule has 0 spiro atoms. The highest BCUT2D eigenvalue weighted by Crippen LogP contribution is 2.34. The van der Waals surface area contributed by atoms with Crippen molar-refractivity contribution in [1.29, 1.82) is 0 Å². The van der Waals surface area contributed by atoms with Crippen molar-refractivity contribution in [2.45, 2.75) is 5.92 Å². The van der Waals surface area contributed by atoms with Gasteiger partial charge in [0.15, 0.2) is 0 Å². The molecule has 1 nitrogen and oxygen atoms in total. The van der Waals surface area contributed by atoms with E-state index in [0.717, 1.165) is 0 Å². The molecule has 0 N–H and O–H groups in total. The van der Waals surface area contributed by atoms with E-state index in [1.165, 1.54) is 18.2 Å². The Balaban J connectivity index is 2.47. The highest BCUT2D eigenvalue weighted by Gasteiger charge is 2.35.